The van der Waals surface area contributed by atoms with Crippen molar-refractivity contribution in [1.29, 1.82) is 0 Å². The molecule has 0 aliphatic heterocycles. The first-order valence-corrected chi connectivity index (χ1v) is 4.97. The lowest BCUT2D eigenvalue weighted by Crippen LogP contribution is -2.12. The van der Waals surface area contributed by atoms with Crippen LogP contribution in [0.25, 0.3) is 0 Å². The molecule has 66 valence electrons. The van der Waals surface area contributed by atoms with Crippen molar-refractivity contribution in [2.45, 2.75) is 17.2 Å². The molecule has 0 aromatic carbocycles. The van der Waals surface area contributed by atoms with Gasteiger partial charge in [-0.1, -0.05) is 18.5 Å². The van der Waals surface area contributed by atoms with Crippen molar-refractivity contribution in [2.75, 3.05) is 6.54 Å². The third-order valence-corrected chi connectivity index (χ3v) is 2.93. The first kappa shape index (κ1) is 9.84. The lowest BCUT2D eigenvalue weighted by Gasteiger charge is -2.07. The Labute approximate surface area is 81.5 Å². The van der Waals surface area contributed by atoms with Gasteiger partial charge in [-0.15, -0.1) is 11.8 Å². The van der Waals surface area contributed by atoms with Gasteiger partial charge in [-0.05, 0) is 12.1 Å². The highest BCUT2D eigenvalue weighted by atomic mass is 35.5. The number of aromatic nitrogens is 1. The molecule has 1 aromatic rings. The number of thioether (sulfide) groups is 1. The molecule has 2 nitrogen and oxygen atoms in total. The van der Waals surface area contributed by atoms with E-state index in [0.717, 1.165) is 5.03 Å². The Balaban J connectivity index is 2.69. The predicted octanol–water partition coefficient (Wildman–Crippen LogP) is 2.17. The van der Waals surface area contributed by atoms with Crippen molar-refractivity contribution in [3.8, 4) is 0 Å². The monoisotopic (exact) mass is 202 g/mol. The summed E-state index contributed by atoms with van der Waals surface area (Å²) in [6.45, 7) is 2.69. The fourth-order valence-electron chi connectivity index (χ4n) is 0.697. The molecular weight excluding hydrogens is 192 g/mol. The van der Waals surface area contributed by atoms with Crippen molar-refractivity contribution in [3.05, 3.63) is 23.4 Å². The van der Waals surface area contributed by atoms with Crippen LogP contribution in [0, 0.1) is 0 Å². The first-order chi connectivity index (χ1) is 5.74. The molecule has 0 saturated carbocycles. The van der Waals surface area contributed by atoms with E-state index in [1.807, 2.05) is 12.1 Å². The number of rotatable bonds is 3. The van der Waals surface area contributed by atoms with Gasteiger partial charge in [0.1, 0.15) is 5.03 Å². The van der Waals surface area contributed by atoms with Crippen LogP contribution in [0.3, 0.4) is 0 Å². The Morgan fingerprint density at radius 3 is 3.08 bits per heavy atom. The van der Waals surface area contributed by atoms with Gasteiger partial charge in [0.25, 0.3) is 0 Å². The molecule has 0 saturated heterocycles. The minimum atomic E-state index is 0.359. The van der Waals surface area contributed by atoms with Crippen molar-refractivity contribution < 1.29 is 0 Å². The SMILES string of the molecule is CC(CN)Sc1ncccc1Cl. The van der Waals surface area contributed by atoms with E-state index >= 15 is 0 Å². The van der Waals surface area contributed by atoms with E-state index in [9.17, 15) is 0 Å². The van der Waals surface area contributed by atoms with Crippen LogP contribution in [-0.2, 0) is 0 Å². The van der Waals surface area contributed by atoms with E-state index in [0.29, 0.717) is 16.8 Å². The van der Waals surface area contributed by atoms with Crippen LogP contribution in [0.2, 0.25) is 5.02 Å². The lowest BCUT2D eigenvalue weighted by atomic mass is 10.5. The van der Waals surface area contributed by atoms with Crippen molar-refractivity contribution in [1.82, 2.24) is 4.98 Å². The summed E-state index contributed by atoms with van der Waals surface area (Å²) >= 11 is 7.50. The van der Waals surface area contributed by atoms with Gasteiger partial charge in [0, 0.05) is 18.0 Å². The number of hydrogen-bond acceptors (Lipinski definition) is 3. The van der Waals surface area contributed by atoms with Crippen LogP contribution in [0.4, 0.5) is 0 Å². The summed E-state index contributed by atoms with van der Waals surface area (Å²) in [5.74, 6) is 0. The van der Waals surface area contributed by atoms with E-state index in [1.54, 1.807) is 18.0 Å². The molecule has 0 spiro atoms. The van der Waals surface area contributed by atoms with E-state index in [-0.39, 0.29) is 0 Å². The molecule has 1 rings (SSSR count). The zero-order chi connectivity index (χ0) is 8.97. The normalized spacial score (nSPS) is 12.9. The van der Waals surface area contributed by atoms with Crippen LogP contribution in [0.1, 0.15) is 6.92 Å². The van der Waals surface area contributed by atoms with Crippen LogP contribution < -0.4 is 5.73 Å². The Kier molecular flexibility index (Phi) is 3.85. The highest BCUT2D eigenvalue weighted by Gasteiger charge is 2.05. The van der Waals surface area contributed by atoms with Gasteiger partial charge < -0.3 is 5.73 Å². The third kappa shape index (κ3) is 2.66. The van der Waals surface area contributed by atoms with Crippen LogP contribution >= 0.6 is 23.4 Å². The topological polar surface area (TPSA) is 38.9 Å². The second kappa shape index (κ2) is 4.70. The highest BCUT2D eigenvalue weighted by molar-refractivity contribution is 8.00. The molecule has 0 fully saturated rings. The molecular formula is C8H11ClN2S. The summed E-state index contributed by atoms with van der Waals surface area (Å²) in [5, 5.41) is 1.91. The van der Waals surface area contributed by atoms with Gasteiger partial charge in [-0.2, -0.15) is 0 Å². The summed E-state index contributed by atoms with van der Waals surface area (Å²) < 4.78 is 0. The summed E-state index contributed by atoms with van der Waals surface area (Å²) in [4.78, 5) is 4.14. The summed E-state index contributed by atoms with van der Waals surface area (Å²) in [5.41, 5.74) is 5.48. The number of hydrogen-bond donors (Lipinski definition) is 1. The Morgan fingerprint density at radius 2 is 2.50 bits per heavy atom. The van der Waals surface area contributed by atoms with E-state index in [2.05, 4.69) is 11.9 Å². The molecule has 0 amide bonds. The van der Waals surface area contributed by atoms with Gasteiger partial charge >= 0.3 is 0 Å². The zero-order valence-electron chi connectivity index (χ0n) is 6.83. The van der Waals surface area contributed by atoms with Crippen molar-refractivity contribution >= 4 is 23.4 Å². The smallest absolute Gasteiger partial charge is 0.115 e. The molecule has 12 heavy (non-hydrogen) atoms. The minimum Gasteiger partial charge on any atom is -0.329 e. The standard InChI is InChI=1S/C8H11ClN2S/c1-6(5-10)12-8-7(9)3-2-4-11-8/h2-4,6H,5,10H2,1H3. The second-order valence-electron chi connectivity index (χ2n) is 2.45. The summed E-state index contributed by atoms with van der Waals surface area (Å²) in [6, 6.07) is 3.65. The van der Waals surface area contributed by atoms with E-state index in [4.69, 9.17) is 17.3 Å². The maximum Gasteiger partial charge on any atom is 0.115 e. The molecule has 0 aliphatic carbocycles. The molecule has 1 atom stereocenters. The van der Waals surface area contributed by atoms with Gasteiger partial charge in [0.2, 0.25) is 0 Å². The number of pyridine rings is 1. The maximum atomic E-state index is 5.90. The van der Waals surface area contributed by atoms with Crippen LogP contribution in [-0.4, -0.2) is 16.8 Å². The maximum absolute atomic E-state index is 5.90. The quantitative estimate of drug-likeness (QED) is 0.764. The zero-order valence-corrected chi connectivity index (χ0v) is 8.40. The van der Waals surface area contributed by atoms with Crippen LogP contribution in [0.5, 0.6) is 0 Å². The van der Waals surface area contributed by atoms with Gasteiger partial charge in [-0.25, -0.2) is 4.98 Å². The van der Waals surface area contributed by atoms with Gasteiger partial charge in [0.15, 0.2) is 0 Å². The molecule has 0 aliphatic rings. The molecule has 1 aromatic heterocycles. The minimum absolute atomic E-state index is 0.359. The lowest BCUT2D eigenvalue weighted by molar-refractivity contribution is 0.945. The predicted molar refractivity (Wildman–Crippen MR) is 53.6 cm³/mol. The summed E-state index contributed by atoms with van der Waals surface area (Å²) in [7, 11) is 0. The molecule has 0 radical (unpaired) electrons. The number of nitrogens with zero attached hydrogens (tertiary/aromatic N) is 1. The average Bonchev–Trinajstić information content (AvgIpc) is 2.09. The molecule has 1 unspecified atom stereocenters. The van der Waals surface area contributed by atoms with Gasteiger partial charge in [0.05, 0.1) is 5.02 Å². The van der Waals surface area contributed by atoms with E-state index in [1.165, 1.54) is 0 Å². The van der Waals surface area contributed by atoms with E-state index < -0.39 is 0 Å². The largest absolute Gasteiger partial charge is 0.329 e. The van der Waals surface area contributed by atoms with Gasteiger partial charge in [-0.3, -0.25) is 0 Å². The average molecular weight is 203 g/mol. The molecule has 0 bridgehead atoms. The first-order valence-electron chi connectivity index (χ1n) is 3.71. The Hall–Kier alpha value is -0.250. The Bertz CT molecular complexity index is 255. The van der Waals surface area contributed by atoms with Crippen molar-refractivity contribution in [3.63, 3.8) is 0 Å². The Morgan fingerprint density at radius 1 is 1.75 bits per heavy atom. The molecule has 4 heteroatoms. The highest BCUT2D eigenvalue weighted by Crippen LogP contribution is 2.26. The fourth-order valence-corrected chi connectivity index (χ4v) is 1.73. The van der Waals surface area contributed by atoms with Crippen LogP contribution in [0.15, 0.2) is 23.4 Å². The number of nitrogens with two attached hydrogens (primary N) is 1. The number of halogens is 1. The third-order valence-electron chi connectivity index (χ3n) is 1.37. The summed E-state index contributed by atoms with van der Waals surface area (Å²) in [6.07, 6.45) is 1.73. The molecule has 2 N–H and O–H groups in total. The molecule has 1 heterocycles. The second-order valence-corrected chi connectivity index (χ2v) is 4.29. The van der Waals surface area contributed by atoms with Crippen molar-refractivity contribution in [2.24, 2.45) is 5.73 Å². The fraction of sp³-hybridized carbons (Fsp3) is 0.375.